The predicted molar refractivity (Wildman–Crippen MR) is 93.5 cm³/mol. The molecule has 0 bridgehead atoms. The van der Waals surface area contributed by atoms with Crippen LogP contribution >= 0.6 is 11.3 Å². The van der Waals surface area contributed by atoms with Gasteiger partial charge in [-0.2, -0.15) is 0 Å². The number of hydrogen-bond donors (Lipinski definition) is 0. The summed E-state index contributed by atoms with van der Waals surface area (Å²) in [6, 6.07) is 16.3. The minimum atomic E-state index is 1.25. The molecule has 0 saturated carbocycles. The first-order chi connectivity index (χ1) is 10.4. The molecule has 0 atom stereocenters. The van der Waals surface area contributed by atoms with Crippen molar-refractivity contribution in [1.82, 2.24) is 0 Å². The third-order valence-corrected chi connectivity index (χ3v) is 5.80. The SMILES string of the molecule is c1cc2cc3c(ccc4c5c(ccc43)CCCC5)cc2s1. The van der Waals surface area contributed by atoms with E-state index in [1.165, 1.54) is 57.3 Å². The largest absolute Gasteiger partial charge is 0.144 e. The van der Waals surface area contributed by atoms with Crippen molar-refractivity contribution in [3.8, 4) is 0 Å². The van der Waals surface area contributed by atoms with E-state index in [-0.39, 0.29) is 0 Å². The van der Waals surface area contributed by atoms with Gasteiger partial charge in [0.1, 0.15) is 0 Å². The van der Waals surface area contributed by atoms with Gasteiger partial charge in [-0.3, -0.25) is 0 Å². The van der Waals surface area contributed by atoms with E-state index in [1.807, 2.05) is 11.3 Å². The Hall–Kier alpha value is -1.86. The second-order valence-electron chi connectivity index (χ2n) is 6.10. The Morgan fingerprint density at radius 3 is 2.62 bits per heavy atom. The summed E-state index contributed by atoms with van der Waals surface area (Å²) in [5.74, 6) is 0. The van der Waals surface area contributed by atoms with Crippen molar-refractivity contribution in [3.63, 3.8) is 0 Å². The molecule has 0 saturated heterocycles. The summed E-state index contributed by atoms with van der Waals surface area (Å²) in [7, 11) is 0. The molecule has 4 aromatic rings. The van der Waals surface area contributed by atoms with Gasteiger partial charge in [0.05, 0.1) is 0 Å². The van der Waals surface area contributed by atoms with Crippen LogP contribution in [-0.4, -0.2) is 0 Å². The molecular weight excluding hydrogens is 272 g/mol. The second-order valence-corrected chi connectivity index (χ2v) is 7.05. The summed E-state index contributed by atoms with van der Waals surface area (Å²) in [5, 5.41) is 9.25. The summed E-state index contributed by atoms with van der Waals surface area (Å²) in [6.07, 6.45) is 5.20. The molecule has 21 heavy (non-hydrogen) atoms. The van der Waals surface area contributed by atoms with Gasteiger partial charge in [-0.05, 0) is 87.3 Å². The molecule has 0 amide bonds. The third kappa shape index (κ3) is 1.67. The van der Waals surface area contributed by atoms with Crippen LogP contribution in [0.1, 0.15) is 24.0 Å². The lowest BCUT2D eigenvalue weighted by atomic mass is 9.86. The Kier molecular flexibility index (Phi) is 2.42. The van der Waals surface area contributed by atoms with Gasteiger partial charge in [0.25, 0.3) is 0 Å². The monoisotopic (exact) mass is 288 g/mol. The van der Waals surface area contributed by atoms with Crippen LogP contribution < -0.4 is 0 Å². The van der Waals surface area contributed by atoms with Gasteiger partial charge in [0.2, 0.25) is 0 Å². The Morgan fingerprint density at radius 2 is 1.62 bits per heavy atom. The van der Waals surface area contributed by atoms with Crippen LogP contribution in [0.2, 0.25) is 0 Å². The van der Waals surface area contributed by atoms with Crippen LogP contribution in [0.5, 0.6) is 0 Å². The second kappa shape index (κ2) is 4.32. The molecule has 0 radical (unpaired) electrons. The molecule has 0 nitrogen and oxygen atoms in total. The number of hydrogen-bond acceptors (Lipinski definition) is 1. The van der Waals surface area contributed by atoms with E-state index < -0.39 is 0 Å². The Morgan fingerprint density at radius 1 is 0.714 bits per heavy atom. The Bertz CT molecular complexity index is 991. The average molecular weight is 288 g/mol. The lowest BCUT2D eigenvalue weighted by molar-refractivity contribution is 0.690. The van der Waals surface area contributed by atoms with E-state index in [4.69, 9.17) is 0 Å². The number of fused-ring (bicyclic) bond motifs is 6. The van der Waals surface area contributed by atoms with E-state index in [0.717, 1.165) is 0 Å². The van der Waals surface area contributed by atoms with Gasteiger partial charge in [-0.15, -0.1) is 11.3 Å². The van der Waals surface area contributed by atoms with Crippen LogP contribution in [0.4, 0.5) is 0 Å². The molecule has 1 heteroatoms. The Labute approximate surface area is 128 Å². The quantitative estimate of drug-likeness (QED) is 0.344. The smallest absolute Gasteiger partial charge is 0.0349 e. The fraction of sp³-hybridized carbons (Fsp3) is 0.200. The maximum Gasteiger partial charge on any atom is 0.0349 e. The molecule has 0 spiro atoms. The van der Waals surface area contributed by atoms with Crippen molar-refractivity contribution in [3.05, 3.63) is 59.0 Å². The molecule has 0 fully saturated rings. The van der Waals surface area contributed by atoms with Gasteiger partial charge >= 0.3 is 0 Å². The maximum absolute atomic E-state index is 2.37. The summed E-state index contributed by atoms with van der Waals surface area (Å²) in [5.41, 5.74) is 3.18. The van der Waals surface area contributed by atoms with Crippen LogP contribution in [0.25, 0.3) is 31.6 Å². The summed E-state index contributed by atoms with van der Waals surface area (Å²) >= 11 is 1.83. The lowest BCUT2D eigenvalue weighted by Gasteiger charge is -2.18. The van der Waals surface area contributed by atoms with E-state index in [0.29, 0.717) is 0 Å². The molecule has 1 heterocycles. The summed E-state index contributed by atoms with van der Waals surface area (Å²) in [6.45, 7) is 0. The molecule has 0 aliphatic heterocycles. The van der Waals surface area contributed by atoms with Crippen molar-refractivity contribution in [2.24, 2.45) is 0 Å². The normalized spacial score (nSPS) is 14.9. The first kappa shape index (κ1) is 11.8. The van der Waals surface area contributed by atoms with Crippen molar-refractivity contribution < 1.29 is 0 Å². The zero-order chi connectivity index (χ0) is 13.8. The molecule has 0 unspecified atom stereocenters. The fourth-order valence-corrected chi connectivity index (χ4v) is 4.67. The zero-order valence-corrected chi connectivity index (χ0v) is 12.7. The van der Waals surface area contributed by atoms with Gasteiger partial charge in [-0.25, -0.2) is 0 Å². The summed E-state index contributed by atoms with van der Waals surface area (Å²) in [4.78, 5) is 0. The highest BCUT2D eigenvalue weighted by Gasteiger charge is 2.13. The highest BCUT2D eigenvalue weighted by molar-refractivity contribution is 7.17. The summed E-state index contributed by atoms with van der Waals surface area (Å²) < 4.78 is 1.39. The van der Waals surface area contributed by atoms with Gasteiger partial charge in [0, 0.05) is 4.70 Å². The van der Waals surface area contributed by atoms with Crippen LogP contribution in [0.15, 0.2) is 47.8 Å². The number of benzene rings is 3. The average Bonchev–Trinajstić information content (AvgIpc) is 2.99. The van der Waals surface area contributed by atoms with E-state index >= 15 is 0 Å². The number of aryl methyl sites for hydroxylation is 2. The first-order valence-electron chi connectivity index (χ1n) is 7.75. The van der Waals surface area contributed by atoms with Crippen molar-refractivity contribution in [1.29, 1.82) is 0 Å². The minimum absolute atomic E-state index is 1.25. The highest BCUT2D eigenvalue weighted by Crippen LogP contribution is 2.35. The fourth-order valence-electron chi connectivity index (χ4n) is 3.85. The highest BCUT2D eigenvalue weighted by atomic mass is 32.1. The first-order valence-corrected chi connectivity index (χ1v) is 8.62. The number of rotatable bonds is 0. The van der Waals surface area contributed by atoms with E-state index in [9.17, 15) is 0 Å². The molecule has 0 N–H and O–H groups in total. The van der Waals surface area contributed by atoms with Gasteiger partial charge in [-0.1, -0.05) is 24.3 Å². The molecule has 5 rings (SSSR count). The molecule has 1 aliphatic rings. The molecular formula is C20H16S. The zero-order valence-electron chi connectivity index (χ0n) is 11.9. The van der Waals surface area contributed by atoms with Crippen LogP contribution in [0.3, 0.4) is 0 Å². The third-order valence-electron chi connectivity index (χ3n) is 4.92. The Balaban J connectivity index is 1.94. The number of thiophene rings is 1. The predicted octanol–water partition coefficient (Wildman–Crippen LogP) is 6.09. The van der Waals surface area contributed by atoms with Crippen LogP contribution in [0, 0.1) is 0 Å². The molecule has 102 valence electrons. The molecule has 3 aromatic carbocycles. The maximum atomic E-state index is 2.37. The molecule has 1 aromatic heterocycles. The van der Waals surface area contributed by atoms with Crippen LogP contribution in [-0.2, 0) is 12.8 Å². The molecule has 1 aliphatic carbocycles. The van der Waals surface area contributed by atoms with Crippen molar-refractivity contribution in [2.75, 3.05) is 0 Å². The van der Waals surface area contributed by atoms with E-state index in [2.05, 4.69) is 47.8 Å². The van der Waals surface area contributed by atoms with Gasteiger partial charge in [0.15, 0.2) is 0 Å². The van der Waals surface area contributed by atoms with Crippen molar-refractivity contribution >= 4 is 43.0 Å². The standard InChI is InChI=1S/C20H16S/c1-2-4-16-13(3-1)5-7-18-17(16)8-6-14-12-20-15(9-10-21-20)11-19(14)18/h5-12H,1-4H2. The van der Waals surface area contributed by atoms with E-state index in [1.54, 1.807) is 11.1 Å². The lowest BCUT2D eigenvalue weighted by Crippen LogP contribution is -2.03. The topological polar surface area (TPSA) is 0 Å². The van der Waals surface area contributed by atoms with Crippen molar-refractivity contribution in [2.45, 2.75) is 25.7 Å². The van der Waals surface area contributed by atoms with Gasteiger partial charge < -0.3 is 0 Å². The minimum Gasteiger partial charge on any atom is -0.144 e.